The lowest BCUT2D eigenvalue weighted by Crippen LogP contribution is -2.48. The van der Waals surface area contributed by atoms with Crippen molar-refractivity contribution in [1.29, 1.82) is 0 Å². The summed E-state index contributed by atoms with van der Waals surface area (Å²) in [6.07, 6.45) is 1.20. The van der Waals surface area contributed by atoms with Crippen molar-refractivity contribution >= 4 is 22.0 Å². The molecule has 0 radical (unpaired) electrons. The Bertz CT molecular complexity index is 436. The van der Waals surface area contributed by atoms with E-state index < -0.39 is 27.9 Å². The first-order valence-corrected chi connectivity index (χ1v) is 7.68. The van der Waals surface area contributed by atoms with Crippen molar-refractivity contribution in [2.75, 3.05) is 32.4 Å². The third kappa shape index (κ3) is 5.03. The van der Waals surface area contributed by atoms with Gasteiger partial charge in [-0.3, -0.25) is 4.79 Å². The summed E-state index contributed by atoms with van der Waals surface area (Å²) in [6, 6.07) is -0.419. The predicted molar refractivity (Wildman–Crippen MR) is 68.2 cm³/mol. The Morgan fingerprint density at radius 3 is 2.68 bits per heavy atom. The number of carbonyl (C=O) groups is 2. The molecule has 8 nitrogen and oxygen atoms in total. The van der Waals surface area contributed by atoms with Crippen molar-refractivity contribution in [3.8, 4) is 0 Å². The lowest BCUT2D eigenvalue weighted by molar-refractivity contribution is -0.143. The number of hydrogen-bond acceptors (Lipinski definition) is 4. The Morgan fingerprint density at radius 2 is 2.11 bits per heavy atom. The molecule has 1 heterocycles. The van der Waals surface area contributed by atoms with Crippen LogP contribution in [0, 0.1) is 5.92 Å². The van der Waals surface area contributed by atoms with E-state index in [0.717, 1.165) is 0 Å². The van der Waals surface area contributed by atoms with Gasteiger partial charge in [-0.1, -0.05) is 0 Å². The summed E-state index contributed by atoms with van der Waals surface area (Å²) in [4.78, 5) is 24.0. The number of urea groups is 1. The molecular formula is C10H19N3O5S. The van der Waals surface area contributed by atoms with Crippen molar-refractivity contribution in [2.24, 2.45) is 5.92 Å². The van der Waals surface area contributed by atoms with Gasteiger partial charge >= 0.3 is 12.0 Å². The second kappa shape index (κ2) is 6.71. The molecule has 1 saturated heterocycles. The average Bonchev–Trinajstić information content (AvgIpc) is 2.38. The molecule has 1 aliphatic rings. The number of hydrogen-bond donors (Lipinski definition) is 3. The molecule has 3 N–H and O–H groups in total. The number of carboxylic acid groups (broad SMARTS) is 1. The number of rotatable bonds is 5. The molecule has 1 atom stereocenters. The van der Waals surface area contributed by atoms with Gasteiger partial charge in [-0.2, -0.15) is 0 Å². The fraction of sp³-hybridized carbons (Fsp3) is 0.800. The average molecular weight is 293 g/mol. The summed E-state index contributed by atoms with van der Waals surface area (Å²) < 4.78 is 24.4. The fourth-order valence-corrected chi connectivity index (χ4v) is 2.44. The zero-order valence-electron chi connectivity index (χ0n) is 10.8. The van der Waals surface area contributed by atoms with E-state index in [0.29, 0.717) is 19.4 Å². The molecule has 0 aromatic rings. The van der Waals surface area contributed by atoms with Crippen LogP contribution in [-0.2, 0) is 14.8 Å². The van der Waals surface area contributed by atoms with Gasteiger partial charge in [0, 0.05) is 19.6 Å². The summed E-state index contributed by atoms with van der Waals surface area (Å²) in [6.45, 7) is 0.657. The summed E-state index contributed by atoms with van der Waals surface area (Å²) >= 11 is 0. The molecule has 1 rings (SSSR count). The maximum Gasteiger partial charge on any atom is 0.317 e. The van der Waals surface area contributed by atoms with E-state index in [2.05, 4.69) is 10.0 Å². The molecule has 1 fully saturated rings. The van der Waals surface area contributed by atoms with E-state index in [1.807, 2.05) is 0 Å². The van der Waals surface area contributed by atoms with Crippen LogP contribution in [0.3, 0.4) is 0 Å². The number of nitrogens with zero attached hydrogens (tertiary/aromatic N) is 1. The number of piperidine rings is 1. The quantitative estimate of drug-likeness (QED) is 0.604. The number of aliphatic carboxylic acids is 1. The number of likely N-dealkylation sites (tertiary alicyclic amines) is 1. The molecule has 0 bridgehead atoms. The summed E-state index contributed by atoms with van der Waals surface area (Å²) in [5.74, 6) is -1.65. The van der Waals surface area contributed by atoms with E-state index in [1.54, 1.807) is 0 Å². The zero-order chi connectivity index (χ0) is 14.5. The first-order valence-electron chi connectivity index (χ1n) is 6.02. The molecular weight excluding hydrogens is 274 g/mol. The number of sulfonamides is 1. The van der Waals surface area contributed by atoms with Crippen LogP contribution in [0.4, 0.5) is 4.79 Å². The van der Waals surface area contributed by atoms with Gasteiger partial charge in [0.05, 0.1) is 11.7 Å². The Kier molecular flexibility index (Phi) is 5.55. The van der Waals surface area contributed by atoms with Crippen LogP contribution in [0.1, 0.15) is 12.8 Å². The van der Waals surface area contributed by atoms with E-state index in [4.69, 9.17) is 5.11 Å². The minimum Gasteiger partial charge on any atom is -0.481 e. The molecule has 9 heteroatoms. The summed E-state index contributed by atoms with van der Waals surface area (Å²) in [5.41, 5.74) is 0. The first-order chi connectivity index (χ1) is 8.85. The van der Waals surface area contributed by atoms with Crippen LogP contribution in [0.15, 0.2) is 0 Å². The zero-order valence-corrected chi connectivity index (χ0v) is 11.6. The third-order valence-corrected chi connectivity index (χ3v) is 4.38. The Morgan fingerprint density at radius 1 is 1.42 bits per heavy atom. The van der Waals surface area contributed by atoms with Gasteiger partial charge < -0.3 is 15.3 Å². The molecule has 1 aliphatic heterocycles. The van der Waals surface area contributed by atoms with Crippen LogP contribution >= 0.6 is 0 Å². The van der Waals surface area contributed by atoms with Crippen LogP contribution in [0.5, 0.6) is 0 Å². The van der Waals surface area contributed by atoms with E-state index in [-0.39, 0.29) is 18.8 Å². The fourth-order valence-electron chi connectivity index (χ4n) is 1.87. The SMILES string of the molecule is CNS(=O)(=O)CCNC(=O)N1CCC[C@@H](C(=O)O)C1. The topological polar surface area (TPSA) is 116 Å². The van der Waals surface area contributed by atoms with Gasteiger partial charge in [0.15, 0.2) is 0 Å². The Balaban J connectivity index is 2.39. The van der Waals surface area contributed by atoms with E-state index >= 15 is 0 Å². The third-order valence-electron chi connectivity index (χ3n) is 3.02. The van der Waals surface area contributed by atoms with Crippen LogP contribution in [-0.4, -0.2) is 62.9 Å². The molecule has 0 aromatic carbocycles. The predicted octanol–water partition coefficient (Wildman–Crippen LogP) is -0.958. The molecule has 0 aromatic heterocycles. The molecule has 110 valence electrons. The van der Waals surface area contributed by atoms with Crippen LogP contribution < -0.4 is 10.0 Å². The molecule has 0 aliphatic carbocycles. The normalized spacial score (nSPS) is 20.1. The minimum absolute atomic E-state index is 0.00373. The monoisotopic (exact) mass is 293 g/mol. The van der Waals surface area contributed by atoms with E-state index in [1.165, 1.54) is 11.9 Å². The molecule has 19 heavy (non-hydrogen) atoms. The first kappa shape index (κ1) is 15.7. The molecule has 2 amide bonds. The standard InChI is InChI=1S/C10H19N3O5S/c1-11-19(17,18)6-4-12-10(16)13-5-2-3-8(7-13)9(14)15/h8,11H,2-7H2,1H3,(H,12,16)(H,14,15)/t8-/m1/s1. The molecule has 0 unspecified atom stereocenters. The largest absolute Gasteiger partial charge is 0.481 e. The highest BCUT2D eigenvalue weighted by atomic mass is 32.2. The van der Waals surface area contributed by atoms with Crippen molar-refractivity contribution in [3.63, 3.8) is 0 Å². The smallest absolute Gasteiger partial charge is 0.317 e. The second-order valence-electron chi connectivity index (χ2n) is 4.38. The number of carboxylic acids is 1. The van der Waals surface area contributed by atoms with Crippen molar-refractivity contribution in [3.05, 3.63) is 0 Å². The number of amides is 2. The number of carbonyl (C=O) groups excluding carboxylic acids is 1. The maximum absolute atomic E-state index is 11.7. The molecule has 0 spiro atoms. The lowest BCUT2D eigenvalue weighted by Gasteiger charge is -2.30. The van der Waals surface area contributed by atoms with Gasteiger partial charge in [-0.15, -0.1) is 0 Å². The number of nitrogens with one attached hydrogen (secondary N) is 2. The van der Waals surface area contributed by atoms with Gasteiger partial charge in [0.2, 0.25) is 10.0 Å². The highest BCUT2D eigenvalue weighted by molar-refractivity contribution is 7.89. The van der Waals surface area contributed by atoms with Crippen LogP contribution in [0.2, 0.25) is 0 Å². The van der Waals surface area contributed by atoms with Gasteiger partial charge in [0.25, 0.3) is 0 Å². The maximum atomic E-state index is 11.7. The van der Waals surface area contributed by atoms with Crippen molar-refractivity contribution in [2.45, 2.75) is 12.8 Å². The van der Waals surface area contributed by atoms with Gasteiger partial charge in [-0.05, 0) is 19.9 Å². The lowest BCUT2D eigenvalue weighted by atomic mass is 9.99. The van der Waals surface area contributed by atoms with E-state index in [9.17, 15) is 18.0 Å². The molecule has 0 saturated carbocycles. The summed E-state index contributed by atoms with van der Waals surface area (Å²) in [7, 11) is -2.04. The van der Waals surface area contributed by atoms with Gasteiger partial charge in [-0.25, -0.2) is 17.9 Å². The van der Waals surface area contributed by atoms with Crippen molar-refractivity contribution < 1.29 is 23.1 Å². The Labute approximate surface area is 112 Å². The summed E-state index contributed by atoms with van der Waals surface area (Å²) in [5, 5.41) is 11.4. The highest BCUT2D eigenvalue weighted by Crippen LogP contribution is 2.16. The Hall–Kier alpha value is -1.35. The van der Waals surface area contributed by atoms with Crippen molar-refractivity contribution in [1.82, 2.24) is 14.9 Å². The highest BCUT2D eigenvalue weighted by Gasteiger charge is 2.27. The van der Waals surface area contributed by atoms with Gasteiger partial charge in [0.1, 0.15) is 0 Å². The minimum atomic E-state index is -3.35. The van der Waals surface area contributed by atoms with Crippen LogP contribution in [0.25, 0.3) is 0 Å². The second-order valence-corrected chi connectivity index (χ2v) is 6.42.